The van der Waals surface area contributed by atoms with Gasteiger partial charge in [-0.2, -0.15) is 0 Å². The van der Waals surface area contributed by atoms with Crippen molar-refractivity contribution in [3.05, 3.63) is 72.2 Å². The topological polar surface area (TPSA) is 39.1 Å². The van der Waals surface area contributed by atoms with Gasteiger partial charge in [-0.25, -0.2) is 21.6 Å². The Balaban J connectivity index is 2.15. The lowest BCUT2D eigenvalue weighted by Crippen LogP contribution is -2.03. The summed E-state index contributed by atoms with van der Waals surface area (Å²) < 4.78 is 64.3. The van der Waals surface area contributed by atoms with Crippen molar-refractivity contribution in [1.82, 2.24) is 4.57 Å². The molecule has 0 radical (unpaired) electrons. The van der Waals surface area contributed by atoms with E-state index in [1.807, 2.05) is 0 Å². The monoisotopic (exact) mass is 365 g/mol. The summed E-state index contributed by atoms with van der Waals surface area (Å²) in [6.07, 6.45) is -1.62. The van der Waals surface area contributed by atoms with Gasteiger partial charge in [0.05, 0.1) is 16.3 Å². The Morgan fingerprint density at radius 3 is 2.00 bits per heavy atom. The van der Waals surface area contributed by atoms with Crippen LogP contribution in [0.1, 0.15) is 12.1 Å². The van der Waals surface area contributed by atoms with Crippen molar-refractivity contribution in [2.24, 2.45) is 0 Å². The zero-order valence-corrected chi connectivity index (χ0v) is 14.0. The third-order valence-electron chi connectivity index (χ3n) is 3.80. The fraction of sp³-hybridized carbons (Fsp3) is 0.111. The second kappa shape index (κ2) is 6.40. The van der Waals surface area contributed by atoms with E-state index < -0.39 is 22.1 Å². The van der Waals surface area contributed by atoms with E-state index in [0.29, 0.717) is 16.9 Å². The number of aromatic nitrogens is 1. The molecule has 0 spiro atoms. The second-order valence-electron chi connectivity index (χ2n) is 5.55. The molecule has 0 aliphatic rings. The number of hydrogen-bond donors (Lipinski definition) is 0. The Labute approximate surface area is 143 Å². The highest BCUT2D eigenvalue weighted by atomic mass is 32.2. The second-order valence-corrected chi connectivity index (χ2v) is 7.57. The molecule has 7 heteroatoms. The SMILES string of the molecule is CS(=O)(=O)c1ccc(-c2ccc(C(F)F)n2-c2ccc(F)cc2)cc1. The molecule has 0 aliphatic carbocycles. The molecule has 0 bridgehead atoms. The summed E-state index contributed by atoms with van der Waals surface area (Å²) >= 11 is 0. The molecule has 25 heavy (non-hydrogen) atoms. The van der Waals surface area contributed by atoms with Crippen molar-refractivity contribution >= 4 is 9.84 Å². The molecule has 0 aliphatic heterocycles. The van der Waals surface area contributed by atoms with Crippen LogP contribution in [0.5, 0.6) is 0 Å². The quantitative estimate of drug-likeness (QED) is 0.676. The van der Waals surface area contributed by atoms with Gasteiger partial charge in [-0.3, -0.25) is 0 Å². The van der Waals surface area contributed by atoms with Crippen molar-refractivity contribution < 1.29 is 21.6 Å². The summed E-state index contributed by atoms with van der Waals surface area (Å²) in [6.45, 7) is 0. The molecule has 0 atom stereocenters. The summed E-state index contributed by atoms with van der Waals surface area (Å²) in [4.78, 5) is 0.144. The third-order valence-corrected chi connectivity index (χ3v) is 4.93. The predicted molar refractivity (Wildman–Crippen MR) is 89.2 cm³/mol. The maximum atomic E-state index is 13.4. The smallest absolute Gasteiger partial charge is 0.278 e. The Morgan fingerprint density at radius 2 is 1.48 bits per heavy atom. The van der Waals surface area contributed by atoms with Gasteiger partial charge < -0.3 is 4.57 Å². The lowest BCUT2D eigenvalue weighted by atomic mass is 10.1. The normalized spacial score (nSPS) is 11.9. The molecule has 0 amide bonds. The van der Waals surface area contributed by atoms with Crippen molar-refractivity contribution in [2.75, 3.05) is 6.26 Å². The molecule has 130 valence electrons. The molecule has 3 aromatic rings. The minimum absolute atomic E-state index is 0.144. The molecule has 2 aromatic carbocycles. The van der Waals surface area contributed by atoms with E-state index in [2.05, 4.69) is 0 Å². The number of rotatable bonds is 4. The van der Waals surface area contributed by atoms with Crippen LogP contribution in [0.4, 0.5) is 13.2 Å². The summed E-state index contributed by atoms with van der Waals surface area (Å²) in [7, 11) is -3.35. The minimum Gasteiger partial charge on any atom is -0.308 e. The van der Waals surface area contributed by atoms with Crippen LogP contribution >= 0.6 is 0 Å². The highest BCUT2D eigenvalue weighted by Crippen LogP contribution is 2.32. The Kier molecular flexibility index (Phi) is 4.43. The number of benzene rings is 2. The molecule has 0 saturated heterocycles. The van der Waals surface area contributed by atoms with E-state index in [1.54, 1.807) is 12.1 Å². The van der Waals surface area contributed by atoms with Gasteiger partial charge in [0.2, 0.25) is 0 Å². The van der Waals surface area contributed by atoms with Gasteiger partial charge in [-0.1, -0.05) is 12.1 Å². The average Bonchev–Trinajstić information content (AvgIpc) is 3.00. The number of sulfone groups is 1. The lowest BCUT2D eigenvalue weighted by molar-refractivity contribution is 0.144. The average molecular weight is 365 g/mol. The number of hydrogen-bond acceptors (Lipinski definition) is 2. The summed E-state index contributed by atoms with van der Waals surface area (Å²) in [5.41, 5.74) is 1.20. The standard InChI is InChI=1S/C18H14F3NO2S/c1-25(23,24)15-8-2-12(3-9-15)16-10-11-17(18(20)21)22(16)14-6-4-13(19)5-7-14/h2-11,18H,1H3. The van der Waals surface area contributed by atoms with Crippen LogP contribution in [-0.4, -0.2) is 19.2 Å². The Morgan fingerprint density at radius 1 is 0.880 bits per heavy atom. The van der Waals surface area contributed by atoms with Crippen molar-refractivity contribution in [3.8, 4) is 16.9 Å². The number of halogens is 3. The molecule has 0 unspecified atom stereocenters. The molecule has 1 aromatic heterocycles. The summed E-state index contributed by atoms with van der Waals surface area (Å²) in [5.74, 6) is -0.464. The van der Waals surface area contributed by atoms with Gasteiger partial charge in [0.1, 0.15) is 5.82 Å². The molecule has 3 rings (SSSR count). The van der Waals surface area contributed by atoms with Gasteiger partial charge in [0.25, 0.3) is 6.43 Å². The van der Waals surface area contributed by atoms with Gasteiger partial charge in [-0.15, -0.1) is 0 Å². The molecular formula is C18H14F3NO2S. The fourth-order valence-electron chi connectivity index (χ4n) is 2.60. The fourth-order valence-corrected chi connectivity index (χ4v) is 3.23. The van der Waals surface area contributed by atoms with Crippen LogP contribution in [-0.2, 0) is 9.84 Å². The van der Waals surface area contributed by atoms with E-state index in [1.165, 1.54) is 53.1 Å². The third kappa shape index (κ3) is 3.46. The maximum Gasteiger partial charge on any atom is 0.278 e. The summed E-state index contributed by atoms with van der Waals surface area (Å²) in [5, 5.41) is 0. The van der Waals surface area contributed by atoms with Crippen molar-refractivity contribution in [3.63, 3.8) is 0 Å². The van der Waals surface area contributed by atoms with E-state index in [0.717, 1.165) is 6.26 Å². The first kappa shape index (κ1) is 17.3. The first-order valence-electron chi connectivity index (χ1n) is 7.33. The van der Waals surface area contributed by atoms with E-state index >= 15 is 0 Å². The number of alkyl halides is 2. The van der Waals surface area contributed by atoms with E-state index in [9.17, 15) is 21.6 Å². The first-order valence-corrected chi connectivity index (χ1v) is 9.23. The zero-order valence-electron chi connectivity index (χ0n) is 13.2. The summed E-state index contributed by atoms with van der Waals surface area (Å²) in [6, 6.07) is 14.0. The molecule has 0 saturated carbocycles. The zero-order chi connectivity index (χ0) is 18.2. The lowest BCUT2D eigenvalue weighted by Gasteiger charge is -2.14. The predicted octanol–water partition coefficient (Wildman–Crippen LogP) is 4.62. The molecule has 3 nitrogen and oxygen atoms in total. The van der Waals surface area contributed by atoms with E-state index in [4.69, 9.17) is 0 Å². The van der Waals surface area contributed by atoms with Crippen LogP contribution < -0.4 is 0 Å². The first-order chi connectivity index (χ1) is 11.8. The van der Waals surface area contributed by atoms with Crippen molar-refractivity contribution in [2.45, 2.75) is 11.3 Å². The van der Waals surface area contributed by atoms with Crippen LogP contribution in [0.3, 0.4) is 0 Å². The highest BCUT2D eigenvalue weighted by Gasteiger charge is 2.19. The van der Waals surface area contributed by atoms with Crippen LogP contribution in [0.25, 0.3) is 16.9 Å². The van der Waals surface area contributed by atoms with Crippen molar-refractivity contribution in [1.29, 1.82) is 0 Å². The Bertz CT molecular complexity index is 992. The van der Waals surface area contributed by atoms with Gasteiger partial charge >= 0.3 is 0 Å². The minimum atomic E-state index is -3.35. The molecule has 0 N–H and O–H groups in total. The Hall–Kier alpha value is -2.54. The van der Waals surface area contributed by atoms with Gasteiger partial charge in [-0.05, 0) is 54.1 Å². The highest BCUT2D eigenvalue weighted by molar-refractivity contribution is 7.90. The van der Waals surface area contributed by atoms with Crippen LogP contribution in [0, 0.1) is 5.82 Å². The largest absolute Gasteiger partial charge is 0.308 e. The molecular weight excluding hydrogens is 351 g/mol. The van der Waals surface area contributed by atoms with E-state index in [-0.39, 0.29) is 10.6 Å². The molecule has 0 fully saturated rings. The van der Waals surface area contributed by atoms with Gasteiger partial charge in [0, 0.05) is 11.9 Å². The number of nitrogens with zero attached hydrogens (tertiary/aromatic N) is 1. The van der Waals surface area contributed by atoms with Gasteiger partial charge in [0.15, 0.2) is 9.84 Å². The maximum absolute atomic E-state index is 13.4. The molecule has 1 heterocycles. The van der Waals surface area contributed by atoms with Crippen LogP contribution in [0.2, 0.25) is 0 Å². The van der Waals surface area contributed by atoms with Crippen LogP contribution in [0.15, 0.2) is 65.6 Å².